The van der Waals surface area contributed by atoms with Crippen molar-refractivity contribution in [1.29, 1.82) is 0 Å². The second kappa shape index (κ2) is 16.0. The third-order valence-electron chi connectivity index (χ3n) is 2.73. The van der Waals surface area contributed by atoms with Crippen molar-refractivity contribution in [2.45, 2.75) is 41.0 Å². The van der Waals surface area contributed by atoms with Gasteiger partial charge in [-0.3, -0.25) is 9.59 Å². The molecule has 0 spiro atoms. The maximum Gasteiger partial charge on any atom is 0.308 e. The van der Waals surface area contributed by atoms with Crippen LogP contribution in [0.3, 0.4) is 0 Å². The molecule has 5 nitrogen and oxygen atoms in total. The SMILES string of the molecule is CC(C)C(=O)OCCO.CCc1ccccc1.COC(=O)C(C)C. The summed E-state index contributed by atoms with van der Waals surface area (Å²) in [5.74, 6) is -0.509. The number of hydrogen-bond donors (Lipinski definition) is 1. The highest BCUT2D eigenvalue weighted by molar-refractivity contribution is 5.71. The van der Waals surface area contributed by atoms with Crippen LogP contribution in [-0.2, 0) is 25.5 Å². The van der Waals surface area contributed by atoms with Gasteiger partial charge in [0.1, 0.15) is 6.61 Å². The quantitative estimate of drug-likeness (QED) is 0.833. The average molecular weight is 340 g/mol. The molecule has 0 radical (unpaired) electrons. The van der Waals surface area contributed by atoms with E-state index in [4.69, 9.17) is 5.11 Å². The molecule has 0 aromatic heterocycles. The standard InChI is InChI=1S/C8H10.C6H12O3.C5H10O2/c1-2-8-6-4-3-5-7-8;1-5(2)6(8)9-4-3-7;1-4(2)5(6)7-3/h3-7H,2H2,1H3;5,7H,3-4H2,1-2H3;4H,1-3H3. The van der Waals surface area contributed by atoms with Gasteiger partial charge < -0.3 is 14.6 Å². The first kappa shape index (κ1) is 24.4. The van der Waals surface area contributed by atoms with Crippen LogP contribution >= 0.6 is 0 Å². The number of esters is 2. The highest BCUT2D eigenvalue weighted by Gasteiger charge is 2.06. The largest absolute Gasteiger partial charge is 0.469 e. The summed E-state index contributed by atoms with van der Waals surface area (Å²) in [5.41, 5.74) is 1.41. The first-order valence-electron chi connectivity index (χ1n) is 8.19. The number of rotatable bonds is 5. The van der Waals surface area contributed by atoms with Crippen molar-refractivity contribution in [2.75, 3.05) is 20.3 Å². The average Bonchev–Trinajstić information content (AvgIpc) is 2.60. The molecule has 0 saturated heterocycles. The van der Waals surface area contributed by atoms with Crippen LogP contribution in [0, 0.1) is 11.8 Å². The van der Waals surface area contributed by atoms with Crippen LogP contribution in [0.1, 0.15) is 40.2 Å². The van der Waals surface area contributed by atoms with Gasteiger partial charge in [0.15, 0.2) is 0 Å². The van der Waals surface area contributed by atoms with E-state index < -0.39 is 0 Å². The molecular formula is C19H32O5. The van der Waals surface area contributed by atoms with Crippen molar-refractivity contribution in [3.05, 3.63) is 35.9 Å². The zero-order valence-electron chi connectivity index (χ0n) is 15.7. The van der Waals surface area contributed by atoms with Gasteiger partial charge in [-0.25, -0.2) is 0 Å². The molecule has 1 aromatic carbocycles. The molecule has 0 heterocycles. The van der Waals surface area contributed by atoms with Crippen molar-refractivity contribution in [3.8, 4) is 0 Å². The Morgan fingerprint density at radius 2 is 1.50 bits per heavy atom. The van der Waals surface area contributed by atoms with Crippen molar-refractivity contribution in [1.82, 2.24) is 0 Å². The van der Waals surface area contributed by atoms with Crippen LogP contribution in [0.15, 0.2) is 30.3 Å². The molecule has 0 saturated carbocycles. The van der Waals surface area contributed by atoms with Crippen LogP contribution in [-0.4, -0.2) is 37.4 Å². The van der Waals surface area contributed by atoms with E-state index >= 15 is 0 Å². The zero-order chi connectivity index (χ0) is 19.0. The summed E-state index contributed by atoms with van der Waals surface area (Å²) >= 11 is 0. The normalized spacial score (nSPS) is 9.38. The molecule has 1 N–H and O–H groups in total. The number of hydrogen-bond acceptors (Lipinski definition) is 5. The number of aryl methyl sites for hydroxylation is 1. The Labute approximate surface area is 146 Å². The third kappa shape index (κ3) is 15.0. The Morgan fingerprint density at radius 3 is 1.75 bits per heavy atom. The lowest BCUT2D eigenvalue weighted by molar-refractivity contribution is -0.148. The van der Waals surface area contributed by atoms with E-state index in [1.54, 1.807) is 27.7 Å². The summed E-state index contributed by atoms with van der Waals surface area (Å²) in [4.78, 5) is 20.9. The Balaban J connectivity index is 0. The Bertz CT molecular complexity index is 427. The maximum atomic E-state index is 10.6. The highest BCUT2D eigenvalue weighted by Crippen LogP contribution is 1.97. The Morgan fingerprint density at radius 1 is 1.00 bits per heavy atom. The topological polar surface area (TPSA) is 72.8 Å². The minimum absolute atomic E-state index is 0.00463. The second-order valence-electron chi connectivity index (χ2n) is 5.56. The Kier molecular flexibility index (Phi) is 16.2. The van der Waals surface area contributed by atoms with Gasteiger partial charge in [0.2, 0.25) is 0 Å². The summed E-state index contributed by atoms with van der Waals surface area (Å²) in [7, 11) is 1.39. The fourth-order valence-corrected chi connectivity index (χ4v) is 1.26. The van der Waals surface area contributed by atoms with Crippen LogP contribution < -0.4 is 0 Å². The minimum atomic E-state index is -0.260. The summed E-state index contributed by atoms with van der Waals surface area (Å²) < 4.78 is 8.94. The molecular weight excluding hydrogens is 308 g/mol. The van der Waals surface area contributed by atoms with Crippen LogP contribution in [0.2, 0.25) is 0 Å². The van der Waals surface area contributed by atoms with Gasteiger partial charge >= 0.3 is 11.9 Å². The molecule has 0 fully saturated rings. The first-order chi connectivity index (χ1) is 11.3. The van der Waals surface area contributed by atoms with E-state index in [1.807, 2.05) is 6.07 Å². The molecule has 24 heavy (non-hydrogen) atoms. The van der Waals surface area contributed by atoms with Gasteiger partial charge in [0, 0.05) is 0 Å². The molecule has 0 amide bonds. The summed E-state index contributed by atoms with van der Waals surface area (Å²) in [6, 6.07) is 10.5. The summed E-state index contributed by atoms with van der Waals surface area (Å²) in [6.45, 7) is 9.27. The first-order valence-corrected chi connectivity index (χ1v) is 8.19. The summed E-state index contributed by atoms with van der Waals surface area (Å²) in [5, 5.41) is 8.22. The molecule has 138 valence electrons. The summed E-state index contributed by atoms with van der Waals surface area (Å²) in [6.07, 6.45) is 1.14. The number of aliphatic hydroxyl groups is 1. The molecule has 0 aliphatic heterocycles. The number of benzene rings is 1. The Hall–Kier alpha value is -1.88. The van der Waals surface area contributed by atoms with Gasteiger partial charge in [-0.15, -0.1) is 0 Å². The van der Waals surface area contributed by atoms with Crippen LogP contribution in [0.5, 0.6) is 0 Å². The van der Waals surface area contributed by atoms with Gasteiger partial charge in [-0.05, 0) is 12.0 Å². The van der Waals surface area contributed by atoms with Gasteiger partial charge in [0.25, 0.3) is 0 Å². The van der Waals surface area contributed by atoms with Crippen molar-refractivity contribution in [2.24, 2.45) is 11.8 Å². The van der Waals surface area contributed by atoms with Gasteiger partial charge in [0.05, 0.1) is 25.6 Å². The lowest BCUT2D eigenvalue weighted by Gasteiger charge is -2.03. The molecule has 0 aliphatic rings. The van der Waals surface area contributed by atoms with Gasteiger partial charge in [-0.2, -0.15) is 0 Å². The smallest absolute Gasteiger partial charge is 0.308 e. The molecule has 0 aliphatic carbocycles. The fourth-order valence-electron chi connectivity index (χ4n) is 1.26. The van der Waals surface area contributed by atoms with Gasteiger partial charge in [-0.1, -0.05) is 65.0 Å². The van der Waals surface area contributed by atoms with E-state index in [-0.39, 0.29) is 37.0 Å². The highest BCUT2D eigenvalue weighted by atomic mass is 16.5. The van der Waals surface area contributed by atoms with E-state index in [9.17, 15) is 9.59 Å². The van der Waals surface area contributed by atoms with Crippen molar-refractivity contribution >= 4 is 11.9 Å². The zero-order valence-corrected chi connectivity index (χ0v) is 15.7. The number of carbonyl (C=O) groups is 2. The van der Waals surface area contributed by atoms with E-state index in [1.165, 1.54) is 12.7 Å². The molecule has 0 atom stereocenters. The lowest BCUT2D eigenvalue weighted by atomic mass is 10.2. The molecule has 0 unspecified atom stereocenters. The number of methoxy groups -OCH3 is 1. The predicted octanol–water partition coefficient (Wildman–Crippen LogP) is 3.24. The number of ether oxygens (including phenoxy) is 2. The molecule has 1 rings (SSSR count). The monoisotopic (exact) mass is 340 g/mol. The fraction of sp³-hybridized carbons (Fsp3) is 0.579. The predicted molar refractivity (Wildman–Crippen MR) is 95.6 cm³/mol. The minimum Gasteiger partial charge on any atom is -0.469 e. The number of aliphatic hydroxyl groups excluding tert-OH is 1. The maximum absolute atomic E-state index is 10.6. The number of carbonyl (C=O) groups excluding carboxylic acids is 2. The third-order valence-corrected chi connectivity index (χ3v) is 2.73. The van der Waals surface area contributed by atoms with E-state index in [0.29, 0.717) is 0 Å². The molecule has 0 bridgehead atoms. The van der Waals surface area contributed by atoms with Crippen LogP contribution in [0.25, 0.3) is 0 Å². The second-order valence-corrected chi connectivity index (χ2v) is 5.56. The van der Waals surface area contributed by atoms with Crippen molar-refractivity contribution in [3.63, 3.8) is 0 Å². The molecule has 1 aromatic rings. The van der Waals surface area contributed by atoms with Crippen molar-refractivity contribution < 1.29 is 24.2 Å². The van der Waals surface area contributed by atoms with E-state index in [0.717, 1.165) is 6.42 Å². The lowest BCUT2D eigenvalue weighted by Crippen LogP contribution is -2.13. The van der Waals surface area contributed by atoms with E-state index in [2.05, 4.69) is 40.7 Å². The van der Waals surface area contributed by atoms with Crippen LogP contribution in [0.4, 0.5) is 0 Å². The molecule has 5 heteroatoms.